The second-order valence-electron chi connectivity index (χ2n) is 6.29. The molecule has 0 spiro atoms. The Balaban J connectivity index is 1.81. The van der Waals surface area contributed by atoms with Gasteiger partial charge < -0.3 is 10.1 Å². The summed E-state index contributed by atoms with van der Waals surface area (Å²) in [4.78, 5) is 12.3. The van der Waals surface area contributed by atoms with Crippen LogP contribution in [0.2, 0.25) is 5.02 Å². The van der Waals surface area contributed by atoms with Gasteiger partial charge in [0, 0.05) is 17.3 Å². The molecule has 0 unspecified atom stereocenters. The number of thioether (sulfide) groups is 1. The molecule has 0 aliphatic rings. The van der Waals surface area contributed by atoms with Crippen LogP contribution in [0.25, 0.3) is 0 Å². The second kappa shape index (κ2) is 11.3. The number of carbonyl (C=O) groups excluding carboxylic acids is 1. The van der Waals surface area contributed by atoms with Crippen LogP contribution in [0.1, 0.15) is 12.0 Å². The highest BCUT2D eigenvalue weighted by Crippen LogP contribution is 2.29. The van der Waals surface area contributed by atoms with E-state index in [4.69, 9.17) is 16.3 Å². The zero-order chi connectivity index (χ0) is 21.3. The summed E-state index contributed by atoms with van der Waals surface area (Å²) in [6.45, 7) is 0.170. The number of hydrogen-bond donors (Lipinski definition) is 1. The summed E-state index contributed by atoms with van der Waals surface area (Å²) in [5, 5.41) is 3.53. The highest BCUT2D eigenvalue weighted by atomic mass is 35.5. The molecule has 29 heavy (non-hydrogen) atoms. The van der Waals surface area contributed by atoms with Crippen LogP contribution in [0, 0.1) is 0 Å². The number of halogens is 1. The van der Waals surface area contributed by atoms with E-state index < -0.39 is 10.0 Å². The van der Waals surface area contributed by atoms with E-state index in [1.165, 1.54) is 7.11 Å². The molecule has 0 fully saturated rings. The Kier molecular flexibility index (Phi) is 9.13. The van der Waals surface area contributed by atoms with Crippen LogP contribution < -0.4 is 14.4 Å². The fourth-order valence-electron chi connectivity index (χ4n) is 2.60. The highest BCUT2D eigenvalue weighted by molar-refractivity contribution is 7.98. The molecule has 6 nitrogen and oxygen atoms in total. The van der Waals surface area contributed by atoms with Gasteiger partial charge in [-0.15, -0.1) is 0 Å². The van der Waals surface area contributed by atoms with Crippen molar-refractivity contribution in [1.29, 1.82) is 0 Å². The van der Waals surface area contributed by atoms with E-state index in [9.17, 15) is 13.2 Å². The molecule has 158 valence electrons. The van der Waals surface area contributed by atoms with Gasteiger partial charge in [-0.3, -0.25) is 9.10 Å². The van der Waals surface area contributed by atoms with Gasteiger partial charge in [0.2, 0.25) is 15.9 Å². The van der Waals surface area contributed by atoms with E-state index in [0.717, 1.165) is 39.1 Å². The number of hydrogen-bond acceptors (Lipinski definition) is 5. The van der Waals surface area contributed by atoms with Gasteiger partial charge in [-0.2, -0.15) is 11.8 Å². The van der Waals surface area contributed by atoms with Crippen molar-refractivity contribution in [2.45, 2.75) is 12.2 Å². The zero-order valence-electron chi connectivity index (χ0n) is 16.4. The third-order valence-corrected chi connectivity index (χ3v) is 6.63. The number of para-hydroxylation sites is 2. The van der Waals surface area contributed by atoms with E-state index in [0.29, 0.717) is 18.0 Å². The van der Waals surface area contributed by atoms with Gasteiger partial charge in [0.05, 0.1) is 19.1 Å². The first kappa shape index (κ1) is 23.4. The molecule has 0 aliphatic heterocycles. The summed E-state index contributed by atoms with van der Waals surface area (Å²) < 4.78 is 30.7. The molecule has 0 aromatic heterocycles. The number of anilines is 1. The summed E-state index contributed by atoms with van der Waals surface area (Å²) in [6.07, 6.45) is 1.84. The number of amides is 1. The number of rotatable bonds is 11. The minimum Gasteiger partial charge on any atom is -0.495 e. The average molecular weight is 457 g/mol. The number of nitrogens with zero attached hydrogens (tertiary/aromatic N) is 1. The molecule has 0 bridgehead atoms. The molecule has 1 amide bonds. The zero-order valence-corrected chi connectivity index (χ0v) is 18.8. The number of ether oxygens (including phenoxy) is 1. The molecule has 2 aromatic carbocycles. The van der Waals surface area contributed by atoms with Gasteiger partial charge in [-0.25, -0.2) is 8.42 Å². The van der Waals surface area contributed by atoms with Gasteiger partial charge in [0.15, 0.2) is 0 Å². The molecule has 9 heteroatoms. The van der Waals surface area contributed by atoms with E-state index in [-0.39, 0.29) is 12.5 Å². The van der Waals surface area contributed by atoms with Crippen LogP contribution in [0.15, 0.2) is 48.5 Å². The molecule has 0 radical (unpaired) electrons. The monoisotopic (exact) mass is 456 g/mol. The fourth-order valence-corrected chi connectivity index (χ4v) is 4.71. The average Bonchev–Trinajstić information content (AvgIpc) is 2.69. The van der Waals surface area contributed by atoms with Crippen LogP contribution in [0.5, 0.6) is 5.75 Å². The van der Waals surface area contributed by atoms with Gasteiger partial charge in [-0.1, -0.05) is 41.9 Å². The summed E-state index contributed by atoms with van der Waals surface area (Å²) in [6, 6.07) is 14.4. The fraction of sp³-hybridized carbons (Fsp3) is 0.350. The molecule has 2 rings (SSSR count). The first-order chi connectivity index (χ1) is 13.8. The first-order valence-electron chi connectivity index (χ1n) is 9.01. The van der Waals surface area contributed by atoms with Gasteiger partial charge in [-0.05, 0) is 35.9 Å². The van der Waals surface area contributed by atoms with Gasteiger partial charge >= 0.3 is 0 Å². The van der Waals surface area contributed by atoms with E-state index in [2.05, 4.69) is 5.32 Å². The smallest absolute Gasteiger partial charge is 0.240 e. The molecular weight excluding hydrogens is 432 g/mol. The van der Waals surface area contributed by atoms with Crippen LogP contribution in [-0.2, 0) is 20.6 Å². The molecular formula is C20H25ClN2O4S2. The Morgan fingerprint density at radius 1 is 1.17 bits per heavy atom. The van der Waals surface area contributed by atoms with Gasteiger partial charge in [0.1, 0.15) is 12.3 Å². The van der Waals surface area contributed by atoms with Crippen molar-refractivity contribution in [2.24, 2.45) is 0 Å². The van der Waals surface area contributed by atoms with Crippen molar-refractivity contribution in [2.75, 3.05) is 36.5 Å². The van der Waals surface area contributed by atoms with Crippen LogP contribution in [0.3, 0.4) is 0 Å². The third-order valence-electron chi connectivity index (χ3n) is 4.04. The number of nitrogens with one attached hydrogen (secondary N) is 1. The topological polar surface area (TPSA) is 75.7 Å². The van der Waals surface area contributed by atoms with Crippen molar-refractivity contribution < 1.29 is 17.9 Å². The lowest BCUT2D eigenvalue weighted by atomic mass is 10.2. The highest BCUT2D eigenvalue weighted by Gasteiger charge is 2.23. The second-order valence-corrected chi connectivity index (χ2v) is 9.71. The lowest BCUT2D eigenvalue weighted by molar-refractivity contribution is -0.119. The first-order valence-corrected chi connectivity index (χ1v) is 12.4. The minimum absolute atomic E-state index is 0.300. The van der Waals surface area contributed by atoms with Crippen molar-refractivity contribution in [3.05, 3.63) is 59.1 Å². The number of methoxy groups -OCH3 is 1. The maximum Gasteiger partial charge on any atom is 0.240 e. The molecule has 0 aliphatic carbocycles. The number of benzene rings is 2. The summed E-state index contributed by atoms with van der Waals surface area (Å²) in [5.74, 6) is 1.69. The third kappa shape index (κ3) is 7.45. The minimum atomic E-state index is -3.64. The Morgan fingerprint density at radius 3 is 2.55 bits per heavy atom. The molecule has 2 aromatic rings. The lowest BCUT2D eigenvalue weighted by Crippen LogP contribution is -2.40. The maximum absolute atomic E-state index is 12.3. The Labute approximate surface area is 181 Å². The Hall–Kier alpha value is -1.90. The largest absolute Gasteiger partial charge is 0.495 e. The van der Waals surface area contributed by atoms with E-state index in [1.54, 1.807) is 36.0 Å². The van der Waals surface area contributed by atoms with Crippen LogP contribution >= 0.6 is 23.4 Å². The summed E-state index contributed by atoms with van der Waals surface area (Å²) in [7, 11) is -2.19. The number of sulfonamides is 1. The molecule has 0 atom stereocenters. The van der Waals surface area contributed by atoms with Crippen molar-refractivity contribution in [3.8, 4) is 5.75 Å². The Bertz CT molecular complexity index is 922. The van der Waals surface area contributed by atoms with E-state index in [1.807, 2.05) is 24.3 Å². The molecule has 0 saturated carbocycles. The SMILES string of the molecule is COc1ccccc1N(CC(=O)NCCCSCc1ccccc1Cl)S(C)(=O)=O. The molecule has 0 heterocycles. The van der Waals surface area contributed by atoms with Crippen molar-refractivity contribution in [3.63, 3.8) is 0 Å². The summed E-state index contributed by atoms with van der Waals surface area (Å²) in [5.41, 5.74) is 1.42. The van der Waals surface area contributed by atoms with Crippen molar-refractivity contribution >= 4 is 45.0 Å². The molecule has 1 N–H and O–H groups in total. The molecule has 0 saturated heterocycles. The van der Waals surface area contributed by atoms with Gasteiger partial charge in [0.25, 0.3) is 0 Å². The van der Waals surface area contributed by atoms with Crippen molar-refractivity contribution in [1.82, 2.24) is 5.32 Å². The summed E-state index contributed by atoms with van der Waals surface area (Å²) >= 11 is 7.86. The predicted octanol–water partition coefficient (Wildman–Crippen LogP) is 3.55. The standard InChI is InChI=1S/C20H25ClN2O4S2/c1-27-19-11-6-5-10-18(19)23(29(2,25)26)14-20(24)22-12-7-13-28-15-16-8-3-4-9-17(16)21/h3-6,8-11H,7,12-15H2,1-2H3,(H,22,24). The normalized spacial score (nSPS) is 11.1. The Morgan fingerprint density at radius 2 is 1.86 bits per heavy atom. The maximum atomic E-state index is 12.3. The van der Waals surface area contributed by atoms with Crippen LogP contribution in [0.4, 0.5) is 5.69 Å². The number of carbonyl (C=O) groups is 1. The quantitative estimate of drug-likeness (QED) is 0.523. The van der Waals surface area contributed by atoms with E-state index >= 15 is 0 Å². The lowest BCUT2D eigenvalue weighted by Gasteiger charge is -2.23. The van der Waals surface area contributed by atoms with Crippen LogP contribution in [-0.4, -0.2) is 46.5 Å². The predicted molar refractivity (Wildman–Crippen MR) is 120 cm³/mol.